The highest BCUT2D eigenvalue weighted by Crippen LogP contribution is 2.47. The smallest absolute Gasteiger partial charge is 0.193 e. The molecule has 0 aromatic carbocycles. The van der Waals surface area contributed by atoms with Crippen molar-refractivity contribution < 1.29 is 27.2 Å². The highest BCUT2D eigenvalue weighted by atomic mass is 127. The molecule has 0 aromatic heterocycles. The van der Waals surface area contributed by atoms with Gasteiger partial charge in [-0.15, -0.1) is 0 Å². The Balaban J connectivity index is 2.65. The summed E-state index contributed by atoms with van der Waals surface area (Å²) in [6.45, 7) is 42.6. The van der Waals surface area contributed by atoms with E-state index in [4.69, 9.17) is 27.2 Å². The molecule has 2 heterocycles. The lowest BCUT2D eigenvalue weighted by molar-refractivity contribution is -0.267. The monoisotopic (exact) mass is 856 g/mol. The van der Waals surface area contributed by atoms with Crippen LogP contribution in [0.1, 0.15) is 102 Å². The zero-order valence-corrected chi connectivity index (χ0v) is 40.6. The second kappa shape index (κ2) is 17.1. The van der Waals surface area contributed by atoms with Crippen molar-refractivity contribution in [3.8, 4) is 0 Å². The van der Waals surface area contributed by atoms with Crippen LogP contribution in [0.5, 0.6) is 0 Å². The van der Waals surface area contributed by atoms with Crippen molar-refractivity contribution in [3.05, 3.63) is 10.2 Å². The van der Waals surface area contributed by atoms with E-state index < -0.39 is 33.3 Å². The lowest BCUT2D eigenvalue weighted by atomic mass is 9.87. The van der Waals surface area contributed by atoms with Gasteiger partial charge in [0.25, 0.3) is 0 Å². The maximum absolute atomic E-state index is 7.54. The summed E-state index contributed by atoms with van der Waals surface area (Å²) >= 11 is 2.33. The van der Waals surface area contributed by atoms with Crippen molar-refractivity contribution in [2.24, 2.45) is 0 Å². The highest BCUT2D eigenvalue weighted by molar-refractivity contribution is 14.1. The molecule has 0 radical (unpaired) electrons. The van der Waals surface area contributed by atoms with E-state index in [-0.39, 0.29) is 57.8 Å². The quantitative estimate of drug-likeness (QED) is 0.121. The summed E-state index contributed by atoms with van der Waals surface area (Å²) in [5.41, 5.74) is 0. The fraction of sp³-hybridized carbons (Fsp3) is 0.946. The van der Waals surface area contributed by atoms with E-state index in [1.807, 2.05) is 0 Å². The van der Waals surface area contributed by atoms with Crippen LogP contribution in [-0.4, -0.2) is 82.6 Å². The molecule has 0 saturated carbocycles. The third kappa shape index (κ3) is 11.1. The molecular formula is C37H77IO6Si4. The van der Waals surface area contributed by atoms with E-state index in [0.717, 1.165) is 25.9 Å². The second-order valence-electron chi connectivity index (χ2n) is 19.2. The Morgan fingerprint density at radius 2 is 1.19 bits per heavy atom. The van der Waals surface area contributed by atoms with Crippen molar-refractivity contribution in [1.29, 1.82) is 0 Å². The zero-order chi connectivity index (χ0) is 37.1. The molecule has 0 aromatic rings. The first-order valence-electron chi connectivity index (χ1n) is 19.0. The van der Waals surface area contributed by atoms with Crippen LogP contribution in [0, 0.1) is 0 Å². The Kier molecular flexibility index (Phi) is 16.1. The van der Waals surface area contributed by atoms with E-state index in [1.165, 1.54) is 18.1 Å². The lowest BCUT2D eigenvalue weighted by Gasteiger charge is -2.56. The highest BCUT2D eigenvalue weighted by Gasteiger charge is 2.57. The zero-order valence-electron chi connectivity index (χ0n) is 34.5. The van der Waals surface area contributed by atoms with Crippen LogP contribution in [0.25, 0.3) is 0 Å². The molecule has 0 aliphatic carbocycles. The first kappa shape index (κ1) is 45.3. The van der Waals surface area contributed by atoms with Gasteiger partial charge in [-0.2, -0.15) is 0 Å². The second-order valence-corrected chi connectivity index (χ2v) is 38.9. The van der Waals surface area contributed by atoms with E-state index in [0.29, 0.717) is 0 Å². The van der Waals surface area contributed by atoms with Gasteiger partial charge in [0.2, 0.25) is 0 Å². The third-order valence-corrected chi connectivity index (χ3v) is 31.4. The summed E-state index contributed by atoms with van der Waals surface area (Å²) in [7, 11) is -8.34. The van der Waals surface area contributed by atoms with Crippen LogP contribution >= 0.6 is 22.6 Å². The van der Waals surface area contributed by atoms with Crippen LogP contribution in [0.2, 0.25) is 72.5 Å². The fourth-order valence-electron chi connectivity index (χ4n) is 6.03. The first-order valence-corrected chi connectivity index (χ1v) is 31.5. The van der Waals surface area contributed by atoms with Crippen molar-refractivity contribution in [2.45, 2.75) is 218 Å². The molecule has 0 bridgehead atoms. The van der Waals surface area contributed by atoms with Crippen LogP contribution in [0.4, 0.5) is 0 Å². The average molecular weight is 857 g/mol. The van der Waals surface area contributed by atoms with Gasteiger partial charge in [0.05, 0.1) is 18.3 Å². The van der Waals surface area contributed by atoms with Crippen molar-refractivity contribution in [2.75, 3.05) is 6.61 Å². The summed E-state index contributed by atoms with van der Waals surface area (Å²) in [4.78, 5) is 0. The van der Waals surface area contributed by atoms with Gasteiger partial charge in [-0.25, -0.2) is 0 Å². The number of hydrogen-bond acceptors (Lipinski definition) is 6. The van der Waals surface area contributed by atoms with Gasteiger partial charge < -0.3 is 27.2 Å². The third-order valence-electron chi connectivity index (χ3n) is 12.9. The molecule has 2 aliphatic heterocycles. The minimum absolute atomic E-state index is 0.0202. The van der Waals surface area contributed by atoms with Gasteiger partial charge in [0.1, 0.15) is 24.4 Å². The van der Waals surface area contributed by atoms with Crippen molar-refractivity contribution in [3.63, 3.8) is 0 Å². The van der Waals surface area contributed by atoms with Crippen LogP contribution in [-0.2, 0) is 27.2 Å². The molecule has 0 spiro atoms. The van der Waals surface area contributed by atoms with E-state index in [2.05, 4.69) is 155 Å². The van der Waals surface area contributed by atoms with Gasteiger partial charge in [-0.3, -0.25) is 0 Å². The summed E-state index contributed by atoms with van der Waals surface area (Å²) in [5.74, 6) is 0. The Labute approximate surface area is 315 Å². The number of halogens is 1. The van der Waals surface area contributed by atoms with Gasteiger partial charge in [0, 0.05) is 6.61 Å². The Morgan fingerprint density at radius 3 is 1.62 bits per heavy atom. The first-order chi connectivity index (χ1) is 21.7. The SMILES string of the molecule is CC[Si](CC)(CC)OCCC1CC[C@@H]2O[C@@H]([C@H](/C=C/I)O[Si](C)(C)C(C)(C)C)[C@@H](O[Si](C)(C)C(C)(C)C)[C@@H](O[Si](C)(C)C(C)(C)C)[C@H]2O1. The summed E-state index contributed by atoms with van der Waals surface area (Å²) in [6, 6.07) is 3.51. The molecule has 7 atom stereocenters. The maximum atomic E-state index is 7.54. The topological polar surface area (TPSA) is 55.4 Å². The Bertz CT molecular complexity index is 1020. The van der Waals surface area contributed by atoms with Crippen molar-refractivity contribution >= 4 is 55.9 Å². The molecule has 6 nitrogen and oxygen atoms in total. The van der Waals surface area contributed by atoms with Gasteiger partial charge >= 0.3 is 0 Å². The van der Waals surface area contributed by atoms with Crippen LogP contribution < -0.4 is 0 Å². The molecule has 11 heteroatoms. The van der Waals surface area contributed by atoms with Gasteiger partial charge in [-0.05, 0) is 102 Å². The fourth-order valence-corrected chi connectivity index (χ4v) is 13.0. The minimum atomic E-state index is -2.28. The number of ether oxygens (including phenoxy) is 2. The Hall–Kier alpha value is 1.10. The molecule has 2 aliphatic rings. The molecule has 0 N–H and O–H groups in total. The van der Waals surface area contributed by atoms with Crippen LogP contribution in [0.15, 0.2) is 10.2 Å². The summed E-state index contributed by atoms with van der Waals surface area (Å²) in [5, 5.41) is 0.116. The normalized spacial score (nSPS) is 27.7. The van der Waals surface area contributed by atoms with Gasteiger partial charge in [-0.1, -0.05) is 106 Å². The summed E-state index contributed by atoms with van der Waals surface area (Å²) < 4.78 is 45.5. The van der Waals surface area contributed by atoms with Gasteiger partial charge in [0.15, 0.2) is 33.3 Å². The summed E-state index contributed by atoms with van der Waals surface area (Å²) in [6.07, 6.45) is 3.74. The number of rotatable bonds is 15. The molecule has 2 saturated heterocycles. The minimum Gasteiger partial charge on any atom is -0.417 e. The maximum Gasteiger partial charge on any atom is 0.193 e. The predicted molar refractivity (Wildman–Crippen MR) is 224 cm³/mol. The van der Waals surface area contributed by atoms with Crippen molar-refractivity contribution in [1.82, 2.24) is 0 Å². The molecular weight excluding hydrogens is 780 g/mol. The largest absolute Gasteiger partial charge is 0.417 e. The molecule has 2 fully saturated rings. The lowest BCUT2D eigenvalue weighted by Crippen LogP contribution is -2.69. The average Bonchev–Trinajstić information content (AvgIpc) is 2.94. The van der Waals surface area contributed by atoms with E-state index in [1.54, 1.807) is 0 Å². The predicted octanol–water partition coefficient (Wildman–Crippen LogP) is 11.8. The van der Waals surface area contributed by atoms with E-state index in [9.17, 15) is 0 Å². The molecule has 48 heavy (non-hydrogen) atoms. The number of hydrogen-bond donors (Lipinski definition) is 0. The molecule has 284 valence electrons. The molecule has 2 rings (SSSR count). The Morgan fingerprint density at radius 1 is 0.708 bits per heavy atom. The van der Waals surface area contributed by atoms with E-state index >= 15 is 0 Å². The molecule has 1 unspecified atom stereocenters. The molecule has 0 amide bonds. The van der Waals surface area contributed by atoms with Crippen LogP contribution in [0.3, 0.4) is 0 Å². The standard InChI is InChI=1S/C37H77IO6Si4/c1-19-48(20-2,21-3)39-27-25-28-22-23-29-31(40-28)33(43-46(15,16)36(7,8)9)34(44-47(17,18)37(10,11)12)32(41-29)30(24-26-38)42-45(13,14)35(4,5)6/h24,26,28-34H,19-23,25,27H2,1-18H3/b26-24+/t28?,29-,30-,31-,32-,33-,34+/m0/s1. The number of fused-ring (bicyclic) bond motifs is 1.